The number of H-pyrrole nitrogens is 1. The number of nitrogens with one attached hydrogen (secondary N) is 1. The zero-order valence-electron chi connectivity index (χ0n) is 9.84. The van der Waals surface area contributed by atoms with Gasteiger partial charge in [0.1, 0.15) is 0 Å². The Morgan fingerprint density at radius 3 is 3.16 bits per heavy atom. The van der Waals surface area contributed by atoms with E-state index < -0.39 is 0 Å². The van der Waals surface area contributed by atoms with Crippen molar-refractivity contribution >= 4 is 5.65 Å². The molecule has 0 atom stereocenters. The first-order valence-corrected chi connectivity index (χ1v) is 5.89. The fourth-order valence-corrected chi connectivity index (χ4v) is 2.68. The van der Waals surface area contributed by atoms with Crippen LogP contribution < -0.4 is 5.56 Å². The monoisotopic (exact) mass is 248 g/mol. The van der Waals surface area contributed by atoms with E-state index in [0.717, 1.165) is 22.5 Å². The summed E-state index contributed by atoms with van der Waals surface area (Å²) in [5, 5.41) is 8.95. The van der Waals surface area contributed by atoms with Gasteiger partial charge in [-0.2, -0.15) is 5.26 Å². The number of hydrogen-bond donors (Lipinski definition) is 1. The van der Waals surface area contributed by atoms with Crippen LogP contribution in [0.15, 0.2) is 35.4 Å². The topological polar surface area (TPSA) is 73.9 Å². The first kappa shape index (κ1) is 10.1. The standard InChI is InChI=1S/C14H8N4O/c15-7-8-1-2-10-9(5-8)6-11-12(10)17-14(19)13-16-3-4-18(11)13/h1-5H,6H2,(H,17,19). The van der Waals surface area contributed by atoms with Gasteiger partial charge in [0.15, 0.2) is 0 Å². The Morgan fingerprint density at radius 2 is 2.32 bits per heavy atom. The number of nitriles is 1. The summed E-state index contributed by atoms with van der Waals surface area (Å²) in [4.78, 5) is 18.9. The van der Waals surface area contributed by atoms with E-state index in [1.807, 2.05) is 16.5 Å². The van der Waals surface area contributed by atoms with Gasteiger partial charge >= 0.3 is 0 Å². The lowest BCUT2D eigenvalue weighted by molar-refractivity contribution is 1.00. The predicted molar refractivity (Wildman–Crippen MR) is 68.8 cm³/mol. The third kappa shape index (κ3) is 1.23. The molecule has 0 spiro atoms. The smallest absolute Gasteiger partial charge is 0.292 e. The molecule has 2 heterocycles. The maximum absolute atomic E-state index is 11.9. The summed E-state index contributed by atoms with van der Waals surface area (Å²) in [7, 11) is 0. The van der Waals surface area contributed by atoms with Crippen molar-refractivity contribution in [2.75, 3.05) is 0 Å². The largest absolute Gasteiger partial charge is 0.317 e. The first-order valence-electron chi connectivity index (χ1n) is 5.89. The molecule has 0 unspecified atom stereocenters. The number of benzene rings is 1. The number of fused-ring (bicyclic) bond motifs is 5. The molecule has 90 valence electrons. The molecule has 0 radical (unpaired) electrons. The summed E-state index contributed by atoms with van der Waals surface area (Å²) in [6.07, 6.45) is 4.11. The van der Waals surface area contributed by atoms with Gasteiger partial charge in [-0.05, 0) is 17.7 Å². The van der Waals surface area contributed by atoms with Crippen molar-refractivity contribution in [3.8, 4) is 17.3 Å². The summed E-state index contributed by atoms with van der Waals surface area (Å²) in [6, 6.07) is 7.66. The highest BCUT2D eigenvalue weighted by molar-refractivity contribution is 5.74. The van der Waals surface area contributed by atoms with Crippen molar-refractivity contribution in [1.82, 2.24) is 14.4 Å². The Morgan fingerprint density at radius 1 is 1.42 bits per heavy atom. The lowest BCUT2D eigenvalue weighted by atomic mass is 10.1. The molecule has 4 rings (SSSR count). The number of imidazole rings is 1. The van der Waals surface area contributed by atoms with Crippen LogP contribution in [0.25, 0.3) is 16.9 Å². The van der Waals surface area contributed by atoms with E-state index in [2.05, 4.69) is 16.0 Å². The van der Waals surface area contributed by atoms with Crippen LogP contribution in [0.5, 0.6) is 0 Å². The van der Waals surface area contributed by atoms with Gasteiger partial charge < -0.3 is 4.98 Å². The molecule has 1 aliphatic carbocycles. The molecule has 1 N–H and O–H groups in total. The molecule has 19 heavy (non-hydrogen) atoms. The first-order chi connectivity index (χ1) is 9.28. The number of aromatic amines is 1. The van der Waals surface area contributed by atoms with Gasteiger partial charge in [-0.25, -0.2) is 4.98 Å². The maximum atomic E-state index is 11.9. The Hall–Kier alpha value is -2.87. The van der Waals surface area contributed by atoms with Crippen LogP contribution in [0.2, 0.25) is 0 Å². The summed E-state index contributed by atoms with van der Waals surface area (Å²) < 4.78 is 1.82. The third-order valence-corrected chi connectivity index (χ3v) is 3.52. The fraction of sp³-hybridized carbons (Fsp3) is 0.0714. The second kappa shape index (κ2) is 3.33. The van der Waals surface area contributed by atoms with Crippen LogP contribution in [-0.4, -0.2) is 14.4 Å². The second-order valence-electron chi connectivity index (χ2n) is 4.56. The molecular weight excluding hydrogens is 240 g/mol. The van der Waals surface area contributed by atoms with Crippen molar-refractivity contribution in [1.29, 1.82) is 5.26 Å². The molecule has 0 bridgehead atoms. The molecule has 2 aromatic heterocycles. The number of nitrogens with zero attached hydrogens (tertiary/aromatic N) is 3. The van der Waals surface area contributed by atoms with Gasteiger partial charge in [-0.15, -0.1) is 0 Å². The average Bonchev–Trinajstić information content (AvgIpc) is 3.02. The van der Waals surface area contributed by atoms with Crippen LogP contribution >= 0.6 is 0 Å². The zero-order valence-corrected chi connectivity index (χ0v) is 9.84. The van der Waals surface area contributed by atoms with Gasteiger partial charge in [0, 0.05) is 24.4 Å². The molecule has 0 aliphatic heterocycles. The average molecular weight is 248 g/mol. The van der Waals surface area contributed by atoms with Gasteiger partial charge in [-0.1, -0.05) is 6.07 Å². The maximum Gasteiger partial charge on any atom is 0.292 e. The molecule has 0 saturated heterocycles. The molecule has 1 aromatic carbocycles. The molecule has 0 saturated carbocycles. The molecule has 3 aromatic rings. The van der Waals surface area contributed by atoms with E-state index in [1.54, 1.807) is 18.5 Å². The van der Waals surface area contributed by atoms with Crippen LogP contribution in [0.4, 0.5) is 0 Å². The Bertz CT molecular complexity index is 927. The SMILES string of the molecule is N#Cc1ccc2c(c1)Cc1c-2[nH]c(=O)c2nccn12. The van der Waals surface area contributed by atoms with Gasteiger partial charge in [0.2, 0.25) is 5.65 Å². The van der Waals surface area contributed by atoms with E-state index in [9.17, 15) is 4.79 Å². The third-order valence-electron chi connectivity index (χ3n) is 3.52. The van der Waals surface area contributed by atoms with E-state index in [4.69, 9.17) is 5.26 Å². The van der Waals surface area contributed by atoms with Crippen molar-refractivity contribution in [2.24, 2.45) is 0 Å². The highest BCUT2D eigenvalue weighted by Crippen LogP contribution is 2.34. The molecule has 1 aliphatic rings. The minimum atomic E-state index is -0.194. The summed E-state index contributed by atoms with van der Waals surface area (Å²) in [5.41, 5.74) is 4.74. The fourth-order valence-electron chi connectivity index (χ4n) is 2.68. The predicted octanol–water partition coefficient (Wildman–Crippen LogP) is 1.47. The zero-order chi connectivity index (χ0) is 13.0. The summed E-state index contributed by atoms with van der Waals surface area (Å²) in [6.45, 7) is 0. The quantitative estimate of drug-likeness (QED) is 0.512. The van der Waals surface area contributed by atoms with Gasteiger partial charge in [-0.3, -0.25) is 9.20 Å². The van der Waals surface area contributed by atoms with E-state index in [0.29, 0.717) is 17.6 Å². The number of rotatable bonds is 0. The molecule has 0 amide bonds. The lowest BCUT2D eigenvalue weighted by Gasteiger charge is -2.03. The van der Waals surface area contributed by atoms with E-state index in [1.165, 1.54) is 0 Å². The lowest BCUT2D eigenvalue weighted by Crippen LogP contribution is -2.13. The van der Waals surface area contributed by atoms with E-state index in [-0.39, 0.29) is 5.56 Å². The minimum Gasteiger partial charge on any atom is -0.317 e. The Labute approximate surface area is 107 Å². The Balaban J connectivity index is 2.09. The van der Waals surface area contributed by atoms with Gasteiger partial charge in [0.05, 0.1) is 23.0 Å². The van der Waals surface area contributed by atoms with Crippen molar-refractivity contribution in [3.05, 3.63) is 57.8 Å². The second-order valence-corrected chi connectivity index (χ2v) is 4.56. The number of aromatic nitrogens is 3. The number of hydrogen-bond acceptors (Lipinski definition) is 3. The van der Waals surface area contributed by atoms with E-state index >= 15 is 0 Å². The molecular formula is C14H8N4O. The van der Waals surface area contributed by atoms with Gasteiger partial charge in [0.25, 0.3) is 5.56 Å². The molecule has 5 heteroatoms. The van der Waals surface area contributed by atoms with Crippen molar-refractivity contribution in [3.63, 3.8) is 0 Å². The summed E-state index contributed by atoms with van der Waals surface area (Å²) in [5.74, 6) is 0. The molecule has 5 nitrogen and oxygen atoms in total. The molecule has 0 fully saturated rings. The highest BCUT2D eigenvalue weighted by Gasteiger charge is 2.23. The van der Waals surface area contributed by atoms with Crippen LogP contribution in [0.1, 0.15) is 16.8 Å². The van der Waals surface area contributed by atoms with Crippen LogP contribution in [0, 0.1) is 11.3 Å². The highest BCUT2D eigenvalue weighted by atomic mass is 16.1. The summed E-state index contributed by atoms with van der Waals surface area (Å²) >= 11 is 0. The van der Waals surface area contributed by atoms with Crippen LogP contribution in [0.3, 0.4) is 0 Å². The van der Waals surface area contributed by atoms with Crippen LogP contribution in [-0.2, 0) is 6.42 Å². The normalized spacial score (nSPS) is 12.2. The van der Waals surface area contributed by atoms with Crippen molar-refractivity contribution in [2.45, 2.75) is 6.42 Å². The van der Waals surface area contributed by atoms with Crippen molar-refractivity contribution < 1.29 is 0 Å². The Kier molecular flexibility index (Phi) is 1.77. The minimum absolute atomic E-state index is 0.194.